The second-order valence-electron chi connectivity index (χ2n) is 6.47. The highest BCUT2D eigenvalue weighted by Crippen LogP contribution is 2.38. The van der Waals surface area contributed by atoms with Crippen molar-refractivity contribution in [2.75, 3.05) is 10.0 Å². The number of benzene rings is 2. The van der Waals surface area contributed by atoms with Gasteiger partial charge < -0.3 is 5.32 Å². The van der Waals surface area contributed by atoms with Crippen molar-refractivity contribution >= 4 is 27.3 Å². The minimum Gasteiger partial charge on any atom is -0.325 e. The van der Waals surface area contributed by atoms with Gasteiger partial charge in [-0.15, -0.1) is 0 Å². The van der Waals surface area contributed by atoms with Crippen LogP contribution >= 0.6 is 0 Å². The number of amides is 1. The summed E-state index contributed by atoms with van der Waals surface area (Å²) in [6, 6.07) is 7.89. The second-order valence-corrected chi connectivity index (χ2v) is 8.15. The molecule has 0 aliphatic carbocycles. The number of anilines is 2. The summed E-state index contributed by atoms with van der Waals surface area (Å²) >= 11 is 0. The summed E-state index contributed by atoms with van der Waals surface area (Å²) in [5.74, 6) is -0.238. The van der Waals surface area contributed by atoms with E-state index in [0.717, 1.165) is 24.3 Å². The lowest BCUT2D eigenvalue weighted by atomic mass is 9.86. The molecule has 0 fully saturated rings. The number of sulfonamides is 1. The molecule has 1 amide bonds. The van der Waals surface area contributed by atoms with Crippen LogP contribution in [-0.4, -0.2) is 14.3 Å². The monoisotopic (exact) mass is 384 g/mol. The highest BCUT2D eigenvalue weighted by molar-refractivity contribution is 7.92. The van der Waals surface area contributed by atoms with Gasteiger partial charge in [0.15, 0.2) is 0 Å². The highest BCUT2D eigenvalue weighted by Gasteiger charge is 2.39. The molecule has 0 bridgehead atoms. The van der Waals surface area contributed by atoms with Crippen molar-refractivity contribution in [2.24, 2.45) is 0 Å². The summed E-state index contributed by atoms with van der Waals surface area (Å²) in [5.41, 5.74) is -0.669. The van der Waals surface area contributed by atoms with Crippen LogP contribution in [0.25, 0.3) is 0 Å². The van der Waals surface area contributed by atoms with E-state index in [-0.39, 0.29) is 16.5 Å². The van der Waals surface area contributed by atoms with Gasteiger partial charge in [-0.2, -0.15) is 13.2 Å². The number of fused-ring (bicyclic) bond motifs is 1. The van der Waals surface area contributed by atoms with Crippen LogP contribution in [0.4, 0.5) is 24.5 Å². The molecule has 0 unspecified atom stereocenters. The molecule has 0 radical (unpaired) electrons. The van der Waals surface area contributed by atoms with Crippen molar-refractivity contribution in [1.29, 1.82) is 0 Å². The van der Waals surface area contributed by atoms with E-state index in [0.29, 0.717) is 11.3 Å². The molecule has 0 saturated carbocycles. The fourth-order valence-corrected chi connectivity index (χ4v) is 3.74. The molecule has 138 valence electrons. The van der Waals surface area contributed by atoms with E-state index in [9.17, 15) is 26.4 Å². The summed E-state index contributed by atoms with van der Waals surface area (Å²) in [4.78, 5) is 11.9. The zero-order chi connectivity index (χ0) is 19.3. The molecule has 0 spiro atoms. The lowest BCUT2D eigenvalue weighted by Gasteiger charge is -2.16. The van der Waals surface area contributed by atoms with E-state index < -0.39 is 27.2 Å². The van der Waals surface area contributed by atoms with E-state index >= 15 is 0 Å². The molecule has 1 aliphatic heterocycles. The third-order valence-electron chi connectivity index (χ3n) is 4.25. The molecule has 0 atom stereocenters. The summed E-state index contributed by atoms with van der Waals surface area (Å²) in [5, 5.41) is 2.68. The number of hydrogen-bond donors (Lipinski definition) is 2. The van der Waals surface area contributed by atoms with E-state index in [1.807, 2.05) is 0 Å². The van der Waals surface area contributed by atoms with Gasteiger partial charge in [-0.3, -0.25) is 9.52 Å². The minimum absolute atomic E-state index is 0.00644. The van der Waals surface area contributed by atoms with Crippen LogP contribution in [0, 0.1) is 0 Å². The average molecular weight is 384 g/mol. The third-order valence-corrected chi connectivity index (χ3v) is 5.63. The first-order chi connectivity index (χ1) is 11.9. The fraction of sp³-hybridized carbons (Fsp3) is 0.235. The zero-order valence-electron chi connectivity index (χ0n) is 13.8. The Morgan fingerprint density at radius 1 is 1.04 bits per heavy atom. The highest BCUT2D eigenvalue weighted by atomic mass is 32.2. The Labute approximate surface area is 148 Å². The molecule has 5 nitrogen and oxygen atoms in total. The number of halogens is 3. The van der Waals surface area contributed by atoms with Crippen molar-refractivity contribution in [3.05, 3.63) is 53.6 Å². The molecule has 1 aliphatic rings. The molecule has 2 aromatic carbocycles. The Morgan fingerprint density at radius 3 is 2.23 bits per heavy atom. The lowest BCUT2D eigenvalue weighted by Crippen LogP contribution is -2.27. The van der Waals surface area contributed by atoms with Crippen LogP contribution in [0.2, 0.25) is 0 Å². The van der Waals surface area contributed by atoms with Gasteiger partial charge in [0.25, 0.3) is 10.0 Å². The summed E-state index contributed by atoms with van der Waals surface area (Å²) in [6.45, 7) is 3.35. The average Bonchev–Trinajstić information content (AvgIpc) is 2.76. The number of carbonyl (C=O) groups excluding carboxylic acids is 1. The summed E-state index contributed by atoms with van der Waals surface area (Å²) in [6.07, 6.45) is -4.50. The molecule has 0 saturated heterocycles. The fourth-order valence-electron chi connectivity index (χ4n) is 2.66. The lowest BCUT2D eigenvalue weighted by molar-refractivity contribution is -0.137. The quantitative estimate of drug-likeness (QED) is 0.847. The van der Waals surface area contributed by atoms with Crippen LogP contribution in [0.5, 0.6) is 0 Å². The normalized spacial score (nSPS) is 16.1. The van der Waals surface area contributed by atoms with Gasteiger partial charge in [-0.05, 0) is 61.9 Å². The Balaban J connectivity index is 1.90. The van der Waals surface area contributed by atoms with Gasteiger partial charge in [0, 0.05) is 11.4 Å². The van der Waals surface area contributed by atoms with Crippen LogP contribution < -0.4 is 10.0 Å². The molecular weight excluding hydrogens is 369 g/mol. The molecule has 1 heterocycles. The first-order valence-electron chi connectivity index (χ1n) is 7.57. The molecule has 2 aromatic rings. The Kier molecular flexibility index (Phi) is 4.02. The zero-order valence-corrected chi connectivity index (χ0v) is 14.6. The third kappa shape index (κ3) is 3.14. The van der Waals surface area contributed by atoms with Gasteiger partial charge in [-0.25, -0.2) is 8.42 Å². The van der Waals surface area contributed by atoms with Gasteiger partial charge in [0.2, 0.25) is 5.91 Å². The largest absolute Gasteiger partial charge is 0.416 e. The summed E-state index contributed by atoms with van der Waals surface area (Å²) in [7, 11) is -4.02. The van der Waals surface area contributed by atoms with Gasteiger partial charge in [0.05, 0.1) is 15.9 Å². The molecule has 3 rings (SSSR count). The first kappa shape index (κ1) is 18.2. The number of hydrogen-bond acceptors (Lipinski definition) is 3. The number of rotatable bonds is 3. The maximum atomic E-state index is 12.6. The standard InChI is InChI=1S/C17H15F3N2O3S/c1-16(2)13-9-12(7-8-14(13)21-15(16)23)26(24,25)22-11-5-3-10(4-6-11)17(18,19)20/h3-9,22H,1-2H3,(H,21,23). The van der Waals surface area contributed by atoms with Gasteiger partial charge in [-0.1, -0.05) is 0 Å². The van der Waals surface area contributed by atoms with Crippen LogP contribution in [0.3, 0.4) is 0 Å². The van der Waals surface area contributed by atoms with Crippen LogP contribution in [0.1, 0.15) is 25.0 Å². The Hall–Kier alpha value is -2.55. The Bertz CT molecular complexity index is 981. The first-order valence-corrected chi connectivity index (χ1v) is 9.06. The van der Waals surface area contributed by atoms with Crippen LogP contribution in [-0.2, 0) is 26.4 Å². The van der Waals surface area contributed by atoms with Gasteiger partial charge in [0.1, 0.15) is 0 Å². The predicted molar refractivity (Wildman–Crippen MR) is 90.4 cm³/mol. The molecule has 9 heteroatoms. The van der Waals surface area contributed by atoms with Crippen molar-refractivity contribution in [3.8, 4) is 0 Å². The molecule has 0 aromatic heterocycles. The maximum absolute atomic E-state index is 12.6. The van der Waals surface area contributed by atoms with E-state index in [1.165, 1.54) is 18.2 Å². The maximum Gasteiger partial charge on any atom is 0.416 e. The smallest absolute Gasteiger partial charge is 0.325 e. The van der Waals surface area contributed by atoms with E-state index in [2.05, 4.69) is 10.0 Å². The molecule has 26 heavy (non-hydrogen) atoms. The van der Waals surface area contributed by atoms with Crippen molar-refractivity contribution < 1.29 is 26.4 Å². The predicted octanol–water partition coefficient (Wildman–Crippen LogP) is 3.74. The number of carbonyl (C=O) groups is 1. The second kappa shape index (κ2) is 5.73. The molecule has 2 N–H and O–H groups in total. The van der Waals surface area contributed by atoms with Crippen molar-refractivity contribution in [1.82, 2.24) is 0 Å². The van der Waals surface area contributed by atoms with Gasteiger partial charge >= 0.3 is 6.18 Å². The van der Waals surface area contributed by atoms with Crippen molar-refractivity contribution in [2.45, 2.75) is 30.3 Å². The van der Waals surface area contributed by atoms with Crippen molar-refractivity contribution in [3.63, 3.8) is 0 Å². The Morgan fingerprint density at radius 2 is 1.65 bits per heavy atom. The van der Waals surface area contributed by atoms with Crippen LogP contribution in [0.15, 0.2) is 47.4 Å². The number of alkyl halides is 3. The molecular formula is C17H15F3N2O3S. The number of nitrogens with one attached hydrogen (secondary N) is 2. The summed E-state index contributed by atoms with van der Waals surface area (Å²) < 4.78 is 65.1. The SMILES string of the molecule is CC1(C)C(=O)Nc2ccc(S(=O)(=O)Nc3ccc(C(F)(F)F)cc3)cc21. The minimum atomic E-state index is -4.50. The van der Waals surface area contributed by atoms with E-state index in [1.54, 1.807) is 13.8 Å². The van der Waals surface area contributed by atoms with E-state index in [4.69, 9.17) is 0 Å². The topological polar surface area (TPSA) is 75.3 Å².